The molecule has 0 amide bonds. The van der Waals surface area contributed by atoms with Crippen LogP contribution in [0.25, 0.3) is 0 Å². The van der Waals surface area contributed by atoms with E-state index in [2.05, 4.69) is 9.97 Å². The van der Waals surface area contributed by atoms with E-state index in [0.29, 0.717) is 0 Å². The van der Waals surface area contributed by atoms with Crippen molar-refractivity contribution in [3.8, 4) is 11.8 Å². The molecule has 0 aliphatic rings. The average Bonchev–Trinajstić information content (AvgIpc) is 2.56. The summed E-state index contributed by atoms with van der Waals surface area (Å²) in [6.07, 6.45) is -3.31. The number of nitrogen functional groups attached to an aromatic ring is 1. The van der Waals surface area contributed by atoms with Gasteiger partial charge in [-0.25, -0.2) is 0 Å². The fourth-order valence-electron chi connectivity index (χ4n) is 1.58. The van der Waals surface area contributed by atoms with Crippen LogP contribution in [0.15, 0.2) is 6.07 Å². The van der Waals surface area contributed by atoms with Crippen LogP contribution >= 0.6 is 15.2 Å². The Labute approximate surface area is 159 Å². The number of ether oxygens (including phenoxy) is 4. The predicted molar refractivity (Wildman–Crippen MR) is 93.8 cm³/mol. The number of anilines is 1. The molecule has 7 N–H and O–H groups in total. The Hall–Kier alpha value is -1.34. The summed E-state index contributed by atoms with van der Waals surface area (Å²) >= 11 is 0. The summed E-state index contributed by atoms with van der Waals surface area (Å²) in [5, 5.41) is 9.15. The van der Waals surface area contributed by atoms with Crippen LogP contribution < -0.4 is 15.2 Å². The topological polar surface area (TPSA) is 224 Å². The number of nitrogens with two attached hydrogens (primary N) is 1. The molecule has 0 aliphatic carbocycles. The minimum atomic E-state index is -4.39. The lowest BCUT2D eigenvalue weighted by atomic mass is 10.4. The van der Waals surface area contributed by atoms with Gasteiger partial charge in [0.15, 0.2) is 0 Å². The number of rotatable bonds is 13. The van der Waals surface area contributed by atoms with Crippen LogP contribution in [-0.2, 0) is 18.6 Å². The summed E-state index contributed by atoms with van der Waals surface area (Å²) in [5.74, 6) is -0.261. The Morgan fingerprint density at radius 1 is 1.00 bits per heavy atom. The molecule has 0 saturated heterocycles. The van der Waals surface area contributed by atoms with Gasteiger partial charge in [-0.3, -0.25) is 9.13 Å². The standard InChI is InChI=1S/C12H23N3O11P2/c1-8(25-6-27(17,18)19)4-23-10-2-11(15-12(13)14-10)24-5-9(3-16)26-7-28(20,21)22/h2,8-9,16H,3-7H2,1H3,(H2,13,14,15)(H2,17,18,19)(H2,20,21,22)/t8-,9+/m0/s1. The first-order valence-corrected chi connectivity index (χ1v) is 11.3. The van der Waals surface area contributed by atoms with Crippen LogP contribution in [0, 0.1) is 0 Å². The van der Waals surface area contributed by atoms with Crippen LogP contribution in [0.1, 0.15) is 6.92 Å². The number of aliphatic hydroxyl groups is 1. The van der Waals surface area contributed by atoms with E-state index in [0.717, 1.165) is 0 Å². The van der Waals surface area contributed by atoms with Gasteiger partial charge in [-0.15, -0.1) is 0 Å². The predicted octanol–water partition coefficient (Wildman–Crippen LogP) is -1.13. The Bertz CT molecular complexity index is 710. The zero-order valence-corrected chi connectivity index (χ0v) is 16.6. The molecule has 1 aromatic rings. The van der Waals surface area contributed by atoms with E-state index in [4.69, 9.17) is 49.4 Å². The van der Waals surface area contributed by atoms with Crippen molar-refractivity contribution < 1.29 is 52.8 Å². The van der Waals surface area contributed by atoms with Gasteiger partial charge < -0.3 is 49.4 Å². The molecule has 16 heteroatoms. The molecule has 0 aliphatic heterocycles. The van der Waals surface area contributed by atoms with Gasteiger partial charge in [0.1, 0.15) is 32.0 Å². The Morgan fingerprint density at radius 3 is 2.00 bits per heavy atom. The van der Waals surface area contributed by atoms with Crippen LogP contribution in [0.2, 0.25) is 0 Å². The van der Waals surface area contributed by atoms with Crippen LogP contribution in [-0.4, -0.2) is 79.4 Å². The molecule has 1 rings (SSSR count). The largest absolute Gasteiger partial charge is 0.475 e. The summed E-state index contributed by atoms with van der Waals surface area (Å²) in [7, 11) is -8.69. The molecule has 0 aromatic carbocycles. The van der Waals surface area contributed by atoms with Gasteiger partial charge in [0, 0.05) is 0 Å². The number of nitrogens with zero attached hydrogens (tertiary/aromatic N) is 2. The number of hydrogen-bond donors (Lipinski definition) is 6. The third-order valence-electron chi connectivity index (χ3n) is 2.79. The number of aromatic nitrogens is 2. The van der Waals surface area contributed by atoms with Crippen molar-refractivity contribution in [1.82, 2.24) is 9.97 Å². The second kappa shape index (κ2) is 11.0. The van der Waals surface area contributed by atoms with Gasteiger partial charge in [-0.05, 0) is 6.92 Å². The summed E-state index contributed by atoms with van der Waals surface area (Å²) < 4.78 is 41.9. The van der Waals surface area contributed by atoms with Crippen LogP contribution in [0.5, 0.6) is 11.8 Å². The third-order valence-corrected chi connectivity index (χ3v) is 3.76. The van der Waals surface area contributed by atoms with Crippen molar-refractivity contribution >= 4 is 21.1 Å². The zero-order chi connectivity index (χ0) is 21.4. The van der Waals surface area contributed by atoms with Gasteiger partial charge in [0.25, 0.3) is 0 Å². The molecular weight excluding hydrogens is 424 g/mol. The first-order valence-electron chi connectivity index (χ1n) is 7.71. The summed E-state index contributed by atoms with van der Waals surface area (Å²) in [6, 6.07) is 1.25. The fourth-order valence-corrected chi connectivity index (χ4v) is 2.43. The molecular formula is C12H23N3O11P2. The highest BCUT2D eigenvalue weighted by Crippen LogP contribution is 2.35. The van der Waals surface area contributed by atoms with Gasteiger partial charge in [-0.2, -0.15) is 9.97 Å². The highest BCUT2D eigenvalue weighted by Gasteiger charge is 2.19. The van der Waals surface area contributed by atoms with Gasteiger partial charge in [-0.1, -0.05) is 0 Å². The molecule has 162 valence electrons. The van der Waals surface area contributed by atoms with Crippen molar-refractivity contribution in [2.75, 3.05) is 38.3 Å². The average molecular weight is 447 g/mol. The van der Waals surface area contributed by atoms with Gasteiger partial charge in [0.2, 0.25) is 17.7 Å². The SMILES string of the molecule is C[C@@H](COc1cc(OC[C@@H](CO)OCP(=O)(O)O)nc(N)n1)OCP(=O)(O)O. The molecule has 28 heavy (non-hydrogen) atoms. The molecule has 14 nitrogen and oxygen atoms in total. The lowest BCUT2D eigenvalue weighted by Gasteiger charge is -2.17. The monoisotopic (exact) mass is 447 g/mol. The minimum Gasteiger partial charge on any atom is -0.475 e. The number of aliphatic hydroxyl groups excluding tert-OH is 1. The van der Waals surface area contributed by atoms with E-state index in [1.807, 2.05) is 0 Å². The normalized spacial score (nSPS) is 14.5. The van der Waals surface area contributed by atoms with E-state index in [1.165, 1.54) is 13.0 Å². The maximum Gasteiger partial charge on any atom is 0.350 e. The van der Waals surface area contributed by atoms with Crippen LogP contribution in [0.3, 0.4) is 0 Å². The lowest BCUT2D eigenvalue weighted by molar-refractivity contribution is 0.000371. The highest BCUT2D eigenvalue weighted by molar-refractivity contribution is 7.51. The molecule has 1 heterocycles. The van der Waals surface area contributed by atoms with E-state index in [1.54, 1.807) is 0 Å². The van der Waals surface area contributed by atoms with E-state index >= 15 is 0 Å². The smallest absolute Gasteiger partial charge is 0.350 e. The maximum atomic E-state index is 10.8. The molecule has 0 fully saturated rings. The van der Waals surface area contributed by atoms with Gasteiger partial charge in [0.05, 0.1) is 18.8 Å². The molecule has 0 unspecified atom stereocenters. The quantitative estimate of drug-likeness (QED) is 0.197. The van der Waals surface area contributed by atoms with Gasteiger partial charge >= 0.3 is 15.2 Å². The second-order valence-corrected chi connectivity index (χ2v) is 8.74. The summed E-state index contributed by atoms with van der Waals surface area (Å²) in [5.41, 5.74) is 5.54. The molecule has 1 aromatic heterocycles. The molecule has 0 spiro atoms. The molecule has 0 radical (unpaired) electrons. The first kappa shape index (κ1) is 24.7. The van der Waals surface area contributed by atoms with Crippen molar-refractivity contribution in [2.45, 2.75) is 19.1 Å². The summed E-state index contributed by atoms with van der Waals surface area (Å²) in [4.78, 5) is 42.6. The van der Waals surface area contributed by atoms with E-state index in [-0.39, 0.29) is 30.9 Å². The zero-order valence-electron chi connectivity index (χ0n) is 14.8. The fraction of sp³-hybridized carbons (Fsp3) is 0.667. The summed E-state index contributed by atoms with van der Waals surface area (Å²) in [6.45, 7) is 0.592. The minimum absolute atomic E-state index is 0.00851. The van der Waals surface area contributed by atoms with Crippen LogP contribution in [0.4, 0.5) is 5.95 Å². The van der Waals surface area contributed by atoms with Crippen molar-refractivity contribution in [3.63, 3.8) is 0 Å². The Balaban J connectivity index is 2.57. The highest BCUT2D eigenvalue weighted by atomic mass is 31.2. The Kier molecular flexibility index (Phi) is 9.70. The second-order valence-electron chi connectivity index (χ2n) is 5.56. The third kappa shape index (κ3) is 11.5. The molecule has 0 bridgehead atoms. The lowest BCUT2D eigenvalue weighted by Crippen LogP contribution is -2.26. The Morgan fingerprint density at radius 2 is 1.50 bits per heavy atom. The van der Waals surface area contributed by atoms with Crippen molar-refractivity contribution in [2.24, 2.45) is 0 Å². The van der Waals surface area contributed by atoms with E-state index in [9.17, 15) is 9.13 Å². The number of hydrogen-bond acceptors (Lipinski definition) is 10. The molecule has 0 saturated carbocycles. The van der Waals surface area contributed by atoms with E-state index < -0.39 is 46.7 Å². The van der Waals surface area contributed by atoms with Crippen molar-refractivity contribution in [1.29, 1.82) is 0 Å². The first-order chi connectivity index (χ1) is 12.9. The molecule has 2 atom stereocenters. The maximum absolute atomic E-state index is 10.8. The van der Waals surface area contributed by atoms with Crippen molar-refractivity contribution in [3.05, 3.63) is 6.07 Å².